The van der Waals surface area contributed by atoms with E-state index >= 15 is 0 Å². The van der Waals surface area contributed by atoms with Crippen LogP contribution in [0.1, 0.15) is 25.3 Å². The molecule has 4 nitrogen and oxygen atoms in total. The second-order valence-electron chi connectivity index (χ2n) is 5.88. The van der Waals surface area contributed by atoms with E-state index in [0.29, 0.717) is 6.04 Å². The number of rotatable bonds is 3. The Morgan fingerprint density at radius 1 is 1.33 bits per heavy atom. The number of guanidine groups is 1. The predicted octanol–water partition coefficient (Wildman–Crippen LogP) is 2.11. The molecule has 114 valence electrons. The van der Waals surface area contributed by atoms with Crippen molar-refractivity contribution in [2.24, 2.45) is 4.99 Å². The van der Waals surface area contributed by atoms with Crippen molar-refractivity contribution in [1.29, 1.82) is 0 Å². The zero-order valence-corrected chi connectivity index (χ0v) is 13.2. The monoisotopic (exact) mass is 286 g/mol. The highest BCUT2D eigenvalue weighted by Crippen LogP contribution is 2.27. The largest absolute Gasteiger partial charge is 0.354 e. The van der Waals surface area contributed by atoms with Gasteiger partial charge in [-0.15, -0.1) is 0 Å². The number of aliphatic imine (C=N–C) groups is 1. The van der Waals surface area contributed by atoms with Gasteiger partial charge >= 0.3 is 0 Å². The molecule has 4 heteroatoms. The molecule has 0 bridgehead atoms. The van der Waals surface area contributed by atoms with Gasteiger partial charge in [0.05, 0.1) is 0 Å². The summed E-state index contributed by atoms with van der Waals surface area (Å²) >= 11 is 0. The molecule has 21 heavy (non-hydrogen) atoms. The lowest BCUT2D eigenvalue weighted by Gasteiger charge is -2.27. The molecule has 2 aliphatic heterocycles. The van der Waals surface area contributed by atoms with Gasteiger partial charge in [0, 0.05) is 31.9 Å². The van der Waals surface area contributed by atoms with Crippen molar-refractivity contribution in [3.05, 3.63) is 29.8 Å². The van der Waals surface area contributed by atoms with E-state index < -0.39 is 0 Å². The molecule has 1 saturated heterocycles. The van der Waals surface area contributed by atoms with Gasteiger partial charge in [0.1, 0.15) is 0 Å². The lowest BCUT2D eigenvalue weighted by molar-refractivity contribution is 0.267. The molecule has 0 amide bonds. The zero-order chi connectivity index (χ0) is 14.7. The summed E-state index contributed by atoms with van der Waals surface area (Å²) in [4.78, 5) is 9.38. The van der Waals surface area contributed by atoms with Crippen LogP contribution in [0.5, 0.6) is 0 Å². The molecule has 0 aromatic heterocycles. The Morgan fingerprint density at radius 2 is 2.19 bits per heavy atom. The average molecular weight is 286 g/mol. The van der Waals surface area contributed by atoms with E-state index in [1.807, 2.05) is 7.05 Å². The van der Waals surface area contributed by atoms with Crippen LogP contribution < -0.4 is 10.2 Å². The second-order valence-corrected chi connectivity index (χ2v) is 5.88. The summed E-state index contributed by atoms with van der Waals surface area (Å²) in [6, 6.07) is 9.31. The number of hydrogen-bond donors (Lipinski definition) is 1. The molecular weight excluding hydrogens is 260 g/mol. The van der Waals surface area contributed by atoms with Crippen molar-refractivity contribution < 1.29 is 0 Å². The fourth-order valence-corrected chi connectivity index (χ4v) is 3.61. The summed E-state index contributed by atoms with van der Waals surface area (Å²) in [6.07, 6.45) is 3.74. The lowest BCUT2D eigenvalue weighted by atomic mass is 10.2. The van der Waals surface area contributed by atoms with Crippen LogP contribution in [-0.2, 0) is 6.42 Å². The smallest absolute Gasteiger partial charge is 0.198 e. The third kappa shape index (κ3) is 2.91. The number of benzene rings is 1. The quantitative estimate of drug-likeness (QED) is 0.682. The van der Waals surface area contributed by atoms with Gasteiger partial charge in [-0.1, -0.05) is 25.1 Å². The summed E-state index contributed by atoms with van der Waals surface area (Å²) in [5.74, 6) is 1.02. The molecule has 1 aromatic rings. The van der Waals surface area contributed by atoms with E-state index in [1.54, 1.807) is 0 Å². The third-order valence-electron chi connectivity index (χ3n) is 4.76. The van der Waals surface area contributed by atoms with Crippen LogP contribution in [0.2, 0.25) is 0 Å². The molecule has 1 N–H and O–H groups in total. The normalized spacial score (nSPS) is 22.7. The van der Waals surface area contributed by atoms with Crippen molar-refractivity contribution in [3.63, 3.8) is 0 Å². The summed E-state index contributed by atoms with van der Waals surface area (Å²) in [5, 5.41) is 3.59. The van der Waals surface area contributed by atoms with E-state index in [0.717, 1.165) is 32.0 Å². The number of hydrogen-bond acceptors (Lipinski definition) is 2. The van der Waals surface area contributed by atoms with Crippen molar-refractivity contribution >= 4 is 11.6 Å². The summed E-state index contributed by atoms with van der Waals surface area (Å²) < 4.78 is 0. The number of nitrogens with zero attached hydrogens (tertiary/aromatic N) is 3. The van der Waals surface area contributed by atoms with Crippen LogP contribution in [0.15, 0.2) is 29.3 Å². The molecule has 2 aliphatic rings. The summed E-state index contributed by atoms with van der Waals surface area (Å²) in [6.45, 7) is 6.68. The van der Waals surface area contributed by atoms with Gasteiger partial charge in [0.2, 0.25) is 0 Å². The first kappa shape index (κ1) is 14.4. The van der Waals surface area contributed by atoms with Crippen molar-refractivity contribution in [2.75, 3.05) is 38.1 Å². The maximum absolute atomic E-state index is 4.49. The molecule has 0 aliphatic carbocycles. The minimum Gasteiger partial charge on any atom is -0.354 e. The Morgan fingerprint density at radius 3 is 3.00 bits per heavy atom. The molecule has 0 saturated carbocycles. The Kier molecular flexibility index (Phi) is 4.44. The first-order chi connectivity index (χ1) is 10.3. The minimum atomic E-state index is 0.657. The van der Waals surface area contributed by atoms with E-state index in [4.69, 9.17) is 0 Å². The molecule has 1 unspecified atom stereocenters. The molecule has 1 fully saturated rings. The van der Waals surface area contributed by atoms with Gasteiger partial charge in [-0.2, -0.15) is 0 Å². The van der Waals surface area contributed by atoms with Crippen LogP contribution in [-0.4, -0.2) is 50.1 Å². The van der Waals surface area contributed by atoms with Crippen LogP contribution in [0.25, 0.3) is 0 Å². The Bertz CT molecular complexity index is 511. The van der Waals surface area contributed by atoms with E-state index in [-0.39, 0.29) is 0 Å². The summed E-state index contributed by atoms with van der Waals surface area (Å²) in [7, 11) is 1.88. The highest BCUT2D eigenvalue weighted by Gasteiger charge is 2.26. The number of likely N-dealkylation sites (N-methyl/N-ethyl adjacent to an activating group) is 1. The number of likely N-dealkylation sites (tertiary alicyclic amines) is 1. The maximum atomic E-state index is 4.49. The van der Waals surface area contributed by atoms with Gasteiger partial charge in [0.15, 0.2) is 5.96 Å². The number of para-hydroxylation sites is 1. The predicted molar refractivity (Wildman–Crippen MR) is 89.1 cm³/mol. The molecule has 1 aromatic carbocycles. The third-order valence-corrected chi connectivity index (χ3v) is 4.76. The van der Waals surface area contributed by atoms with Gasteiger partial charge in [-0.05, 0) is 44.0 Å². The maximum Gasteiger partial charge on any atom is 0.198 e. The highest BCUT2D eigenvalue weighted by atomic mass is 15.3. The first-order valence-corrected chi connectivity index (χ1v) is 8.13. The van der Waals surface area contributed by atoms with Gasteiger partial charge in [-0.3, -0.25) is 9.89 Å². The number of fused-ring (bicyclic) bond motifs is 1. The van der Waals surface area contributed by atoms with Gasteiger partial charge < -0.3 is 10.2 Å². The number of anilines is 1. The Hall–Kier alpha value is -1.55. The van der Waals surface area contributed by atoms with Crippen LogP contribution in [0, 0.1) is 0 Å². The minimum absolute atomic E-state index is 0.657. The first-order valence-electron chi connectivity index (χ1n) is 8.13. The Labute approximate surface area is 127 Å². The average Bonchev–Trinajstić information content (AvgIpc) is 3.15. The van der Waals surface area contributed by atoms with Crippen molar-refractivity contribution in [2.45, 2.75) is 32.2 Å². The topological polar surface area (TPSA) is 30.9 Å². The van der Waals surface area contributed by atoms with E-state index in [2.05, 4.69) is 51.3 Å². The highest BCUT2D eigenvalue weighted by molar-refractivity contribution is 5.97. The molecule has 2 heterocycles. The molecule has 0 spiro atoms. The second kappa shape index (κ2) is 6.48. The zero-order valence-electron chi connectivity index (χ0n) is 13.2. The lowest BCUT2D eigenvalue weighted by Crippen LogP contribution is -2.46. The van der Waals surface area contributed by atoms with Gasteiger partial charge in [0.25, 0.3) is 0 Å². The fourth-order valence-electron chi connectivity index (χ4n) is 3.61. The molecule has 0 radical (unpaired) electrons. The van der Waals surface area contributed by atoms with E-state index in [1.165, 1.54) is 30.6 Å². The van der Waals surface area contributed by atoms with Crippen molar-refractivity contribution in [3.8, 4) is 0 Å². The molecule has 1 atom stereocenters. The van der Waals surface area contributed by atoms with Gasteiger partial charge in [-0.25, -0.2) is 0 Å². The Balaban J connectivity index is 1.64. The van der Waals surface area contributed by atoms with Crippen LogP contribution in [0.4, 0.5) is 5.69 Å². The van der Waals surface area contributed by atoms with Crippen LogP contribution >= 0.6 is 0 Å². The SMILES string of the molecule is CCN1CCCC1CNC(=NC)N1CCc2ccccc21. The van der Waals surface area contributed by atoms with E-state index in [9.17, 15) is 0 Å². The summed E-state index contributed by atoms with van der Waals surface area (Å²) in [5.41, 5.74) is 2.74. The fraction of sp³-hybridized carbons (Fsp3) is 0.588. The van der Waals surface area contributed by atoms with Crippen LogP contribution in [0.3, 0.4) is 0 Å². The number of nitrogens with one attached hydrogen (secondary N) is 1. The van der Waals surface area contributed by atoms with Crippen molar-refractivity contribution in [1.82, 2.24) is 10.2 Å². The molecule has 3 rings (SSSR count). The standard InChI is InChI=1S/C17H26N4/c1-3-20-11-6-8-15(20)13-19-17(18-2)21-12-10-14-7-4-5-9-16(14)21/h4-5,7,9,15H,3,6,8,10-13H2,1-2H3,(H,18,19). The molecular formula is C17H26N4.